The van der Waals surface area contributed by atoms with Crippen molar-refractivity contribution in [1.29, 1.82) is 0 Å². The summed E-state index contributed by atoms with van der Waals surface area (Å²) in [6.07, 6.45) is -4.86. The Labute approximate surface area is 205 Å². The first-order valence-electron chi connectivity index (χ1n) is 10.3. The highest BCUT2D eigenvalue weighted by atomic mass is 19.4. The van der Waals surface area contributed by atoms with E-state index in [0.29, 0.717) is 6.07 Å². The summed E-state index contributed by atoms with van der Waals surface area (Å²) in [5.41, 5.74) is 1.41. The number of nitrogens with one attached hydrogen (secondary N) is 2. The van der Waals surface area contributed by atoms with Gasteiger partial charge in [-0.1, -0.05) is 0 Å². The zero-order valence-electron chi connectivity index (χ0n) is 18.5. The third-order valence-electron chi connectivity index (χ3n) is 5.33. The van der Waals surface area contributed by atoms with Crippen LogP contribution in [-0.4, -0.2) is 64.5 Å². The van der Waals surface area contributed by atoms with Crippen molar-refractivity contribution in [3.63, 3.8) is 0 Å². The lowest BCUT2D eigenvalue weighted by atomic mass is 9.77. The molecule has 1 unspecified atom stereocenters. The number of carbonyl (C=O) groups excluding carboxylic acids is 3. The first-order chi connectivity index (χ1) is 17.2. The van der Waals surface area contributed by atoms with Crippen LogP contribution in [0.1, 0.15) is 31.8 Å². The molecule has 0 saturated heterocycles. The van der Waals surface area contributed by atoms with Crippen molar-refractivity contribution in [2.75, 3.05) is 6.54 Å². The average molecular weight is 524 g/mol. The molecule has 2 aromatic rings. The number of non-ortho nitro benzene ring substituents is 1. The van der Waals surface area contributed by atoms with Crippen LogP contribution in [0, 0.1) is 10.1 Å². The van der Waals surface area contributed by atoms with Crippen LogP contribution in [0.25, 0.3) is 0 Å². The number of nitrogens with zero attached hydrogens (tertiary/aromatic N) is 1. The molecular formula is C19H17B2F3N4O9. The Morgan fingerprint density at radius 1 is 1.16 bits per heavy atom. The van der Waals surface area contributed by atoms with Gasteiger partial charge in [-0.3, -0.25) is 24.5 Å². The Bertz CT molecular complexity index is 1280. The lowest BCUT2D eigenvalue weighted by Gasteiger charge is -2.18. The fourth-order valence-electron chi connectivity index (χ4n) is 3.49. The second kappa shape index (κ2) is 10.6. The van der Waals surface area contributed by atoms with Gasteiger partial charge in [0.25, 0.3) is 17.5 Å². The molecule has 2 aromatic carbocycles. The minimum atomic E-state index is -4.86. The van der Waals surface area contributed by atoms with Crippen molar-refractivity contribution < 1.29 is 52.2 Å². The minimum absolute atomic E-state index is 0.257. The van der Waals surface area contributed by atoms with Crippen molar-refractivity contribution in [1.82, 2.24) is 10.6 Å². The molecule has 13 nitrogen and oxygen atoms in total. The third kappa shape index (κ3) is 6.23. The summed E-state index contributed by atoms with van der Waals surface area (Å²) in [5.74, 6) is -3.38. The Hall–Kier alpha value is -3.99. The Balaban J connectivity index is 1.79. The molecule has 3 rings (SSSR count). The quantitative estimate of drug-likeness (QED) is 0.122. The van der Waals surface area contributed by atoms with E-state index in [4.69, 9.17) is 10.4 Å². The smallest absolute Gasteiger partial charge is 0.423 e. The van der Waals surface area contributed by atoms with Crippen molar-refractivity contribution in [3.05, 3.63) is 62.7 Å². The third-order valence-corrected chi connectivity index (χ3v) is 5.33. The van der Waals surface area contributed by atoms with Gasteiger partial charge >= 0.3 is 20.4 Å². The number of nitrogens with two attached hydrogens (primary N) is 1. The Morgan fingerprint density at radius 3 is 2.38 bits per heavy atom. The van der Waals surface area contributed by atoms with E-state index in [1.54, 1.807) is 0 Å². The maximum Gasteiger partial charge on any atom is 0.491 e. The molecule has 3 amide bonds. The van der Waals surface area contributed by atoms with Crippen LogP contribution in [0.15, 0.2) is 30.3 Å². The van der Waals surface area contributed by atoms with Gasteiger partial charge in [0.15, 0.2) is 0 Å². The van der Waals surface area contributed by atoms with Crippen molar-refractivity contribution in [2.24, 2.45) is 5.73 Å². The number of halogens is 3. The maximum atomic E-state index is 13.4. The molecule has 1 aliphatic heterocycles. The summed E-state index contributed by atoms with van der Waals surface area (Å²) in [7, 11) is -3.84. The normalized spacial score (nSPS) is 13.5. The van der Waals surface area contributed by atoms with Crippen LogP contribution in [0.5, 0.6) is 0 Å². The Morgan fingerprint density at radius 2 is 1.81 bits per heavy atom. The molecule has 18 heteroatoms. The molecule has 37 heavy (non-hydrogen) atoms. The molecule has 0 aromatic heterocycles. The summed E-state index contributed by atoms with van der Waals surface area (Å²) in [6, 6.07) is 2.40. The number of nitro benzene ring substituents is 1. The summed E-state index contributed by atoms with van der Waals surface area (Å²) in [6.45, 7) is -1.21. The van der Waals surface area contributed by atoms with Gasteiger partial charge in [-0.2, -0.15) is 13.2 Å². The van der Waals surface area contributed by atoms with Gasteiger partial charge in [0.1, 0.15) is 6.04 Å². The predicted octanol–water partition coefficient (Wildman–Crippen LogP) is -2.48. The summed E-state index contributed by atoms with van der Waals surface area (Å²) in [4.78, 5) is 47.1. The first-order valence-corrected chi connectivity index (χ1v) is 10.3. The number of primary amides is 1. The second-order valence-electron chi connectivity index (χ2n) is 7.84. The zero-order valence-corrected chi connectivity index (χ0v) is 18.5. The van der Waals surface area contributed by atoms with Gasteiger partial charge in [-0.15, -0.1) is 0 Å². The largest absolute Gasteiger partial charge is 0.491 e. The fraction of sp³-hybridized carbons (Fsp3) is 0.211. The minimum Gasteiger partial charge on any atom is -0.423 e. The van der Waals surface area contributed by atoms with E-state index in [2.05, 4.69) is 10.6 Å². The maximum absolute atomic E-state index is 13.4. The van der Waals surface area contributed by atoms with Gasteiger partial charge in [0, 0.05) is 29.8 Å². The highest BCUT2D eigenvalue weighted by molar-refractivity contribution is 6.61. The van der Waals surface area contributed by atoms with Gasteiger partial charge < -0.3 is 36.1 Å². The highest BCUT2D eigenvalue weighted by Crippen LogP contribution is 2.34. The van der Waals surface area contributed by atoms with E-state index in [1.165, 1.54) is 0 Å². The number of benzene rings is 2. The molecule has 1 atom stereocenters. The molecule has 0 radical (unpaired) electrons. The molecule has 0 fully saturated rings. The fourth-order valence-corrected chi connectivity index (χ4v) is 3.49. The van der Waals surface area contributed by atoms with Crippen LogP contribution >= 0.6 is 0 Å². The van der Waals surface area contributed by atoms with Crippen LogP contribution in [0.3, 0.4) is 0 Å². The number of nitro groups is 1. The SMILES string of the molecule is NC(=O)C(CNC(=O)c1cc2c(c(C(F)(F)F)c1)COB2O)NC(=O)c1cc(B(O)O)cc([N+](=O)[O-])c1. The molecule has 1 heterocycles. The Kier molecular flexibility index (Phi) is 7.87. The molecule has 0 saturated carbocycles. The van der Waals surface area contributed by atoms with Crippen molar-refractivity contribution in [2.45, 2.75) is 18.8 Å². The molecule has 0 aliphatic carbocycles. The molecule has 0 spiro atoms. The van der Waals surface area contributed by atoms with E-state index >= 15 is 0 Å². The number of carbonyl (C=O) groups is 3. The summed E-state index contributed by atoms with van der Waals surface area (Å²) in [5, 5.41) is 43.7. The lowest BCUT2D eigenvalue weighted by Crippen LogP contribution is -2.51. The number of hydrogen-bond acceptors (Lipinski definition) is 9. The molecular weight excluding hydrogens is 507 g/mol. The van der Waals surface area contributed by atoms with Gasteiger partial charge in [-0.05, 0) is 34.7 Å². The number of rotatable bonds is 8. The number of fused-ring (bicyclic) bond motifs is 1. The van der Waals surface area contributed by atoms with E-state index < -0.39 is 90.1 Å². The average Bonchev–Trinajstić information content (AvgIpc) is 3.20. The number of alkyl halides is 3. The number of hydrogen-bond donors (Lipinski definition) is 6. The van der Waals surface area contributed by atoms with E-state index in [1.807, 2.05) is 0 Å². The van der Waals surface area contributed by atoms with Gasteiger partial charge in [-0.25, -0.2) is 0 Å². The topological polar surface area (TPSA) is 214 Å². The van der Waals surface area contributed by atoms with E-state index in [9.17, 15) is 52.7 Å². The van der Waals surface area contributed by atoms with E-state index in [-0.39, 0.29) is 11.0 Å². The van der Waals surface area contributed by atoms with E-state index in [0.717, 1.165) is 24.3 Å². The lowest BCUT2D eigenvalue weighted by molar-refractivity contribution is -0.384. The number of amides is 3. The summed E-state index contributed by atoms with van der Waals surface area (Å²) >= 11 is 0. The predicted molar refractivity (Wildman–Crippen MR) is 120 cm³/mol. The highest BCUT2D eigenvalue weighted by Gasteiger charge is 2.40. The van der Waals surface area contributed by atoms with Gasteiger partial charge in [0.2, 0.25) is 5.91 Å². The molecule has 194 valence electrons. The van der Waals surface area contributed by atoms with Crippen molar-refractivity contribution in [3.8, 4) is 0 Å². The zero-order chi connectivity index (χ0) is 27.7. The van der Waals surface area contributed by atoms with Crippen LogP contribution in [0.2, 0.25) is 0 Å². The molecule has 7 N–H and O–H groups in total. The monoisotopic (exact) mass is 524 g/mol. The van der Waals surface area contributed by atoms with Crippen LogP contribution < -0.4 is 27.3 Å². The van der Waals surface area contributed by atoms with Crippen LogP contribution in [0.4, 0.5) is 18.9 Å². The van der Waals surface area contributed by atoms with Gasteiger partial charge in [0.05, 0.1) is 17.1 Å². The van der Waals surface area contributed by atoms with Crippen molar-refractivity contribution >= 4 is 48.6 Å². The van der Waals surface area contributed by atoms with Crippen LogP contribution in [-0.2, 0) is 22.2 Å². The second-order valence-corrected chi connectivity index (χ2v) is 7.84. The standard InChI is InChI=1S/C19H17B2F3N4O9/c22-19(23,24)13-3-9(4-14-12(13)7-37-21(14)34)17(30)26-6-15(16(25)29)27-18(31)8-1-10(20(32)33)5-11(2-8)28(35)36/h1-5,15,32-34H,6-7H2,(H2,25,29)(H,26,30)(H,27,31). The first kappa shape index (κ1) is 27.6. The summed E-state index contributed by atoms with van der Waals surface area (Å²) < 4.78 is 45.1. The molecule has 0 bridgehead atoms. The molecule has 1 aliphatic rings.